The Morgan fingerprint density at radius 3 is 2.12 bits per heavy atom. The highest BCUT2D eigenvalue weighted by Gasteiger charge is 2.21. The maximum Gasteiger partial charge on any atom is 0.159 e. The van der Waals surface area contributed by atoms with E-state index in [1.807, 2.05) is 42.6 Å². The summed E-state index contributed by atoms with van der Waals surface area (Å²) in [5, 5.41) is 5.44. The highest BCUT2D eigenvalue weighted by Crippen LogP contribution is 2.44. The molecule has 0 saturated heterocycles. The van der Waals surface area contributed by atoms with Gasteiger partial charge in [-0.2, -0.15) is 0 Å². The van der Waals surface area contributed by atoms with E-state index in [-0.39, 0.29) is 0 Å². The minimum atomic E-state index is 0.820. The molecule has 3 aromatic heterocycles. The van der Waals surface area contributed by atoms with Gasteiger partial charge in [0.1, 0.15) is 16.7 Å². The Balaban J connectivity index is 1.28. The maximum atomic E-state index is 6.64. The zero-order valence-corrected chi connectivity index (χ0v) is 23.1. The number of anilines is 3. The van der Waals surface area contributed by atoms with Crippen LogP contribution in [-0.2, 0) is 0 Å². The van der Waals surface area contributed by atoms with Crippen LogP contribution in [0.2, 0.25) is 0 Å². The van der Waals surface area contributed by atoms with Crippen molar-refractivity contribution in [2.24, 2.45) is 0 Å². The number of furan rings is 2. The van der Waals surface area contributed by atoms with Gasteiger partial charge in [-0.1, -0.05) is 78.9 Å². The van der Waals surface area contributed by atoms with E-state index in [2.05, 4.69) is 113 Å². The first kappa shape index (κ1) is 23.8. The molecule has 9 aromatic rings. The maximum absolute atomic E-state index is 6.64. The second-order valence-electron chi connectivity index (χ2n) is 10.8. The molecule has 0 aliphatic rings. The molecule has 0 bridgehead atoms. The number of aromatic nitrogens is 1. The van der Waals surface area contributed by atoms with E-state index in [1.165, 1.54) is 5.56 Å². The van der Waals surface area contributed by atoms with E-state index in [0.717, 1.165) is 77.4 Å². The fourth-order valence-corrected chi connectivity index (χ4v) is 6.24. The summed E-state index contributed by atoms with van der Waals surface area (Å²) in [6.45, 7) is 0. The van der Waals surface area contributed by atoms with Gasteiger partial charge in [0.05, 0.1) is 16.9 Å². The average Bonchev–Trinajstić information content (AvgIpc) is 3.62. The van der Waals surface area contributed by atoms with Crippen molar-refractivity contribution in [3.8, 4) is 11.1 Å². The molecule has 4 heteroatoms. The number of benzene rings is 6. The highest BCUT2D eigenvalue weighted by atomic mass is 16.3. The van der Waals surface area contributed by atoms with Gasteiger partial charge in [0.15, 0.2) is 5.58 Å². The quantitative estimate of drug-likeness (QED) is 0.218. The molecule has 43 heavy (non-hydrogen) atoms. The van der Waals surface area contributed by atoms with Crippen LogP contribution in [-0.4, -0.2) is 4.98 Å². The number of fused-ring (bicyclic) bond motifs is 7. The largest absolute Gasteiger partial charge is 0.456 e. The molecular weight excluding hydrogens is 528 g/mol. The van der Waals surface area contributed by atoms with E-state index < -0.39 is 0 Å². The van der Waals surface area contributed by atoms with Crippen molar-refractivity contribution in [1.82, 2.24) is 4.98 Å². The molecule has 3 heterocycles. The molecule has 0 amide bonds. The zero-order valence-electron chi connectivity index (χ0n) is 23.1. The van der Waals surface area contributed by atoms with Crippen LogP contribution in [0.15, 0.2) is 155 Å². The van der Waals surface area contributed by atoms with Gasteiger partial charge in [0.2, 0.25) is 0 Å². The summed E-state index contributed by atoms with van der Waals surface area (Å²) in [6, 6.07) is 48.4. The van der Waals surface area contributed by atoms with Crippen LogP contribution < -0.4 is 4.90 Å². The monoisotopic (exact) mass is 552 g/mol. The van der Waals surface area contributed by atoms with Gasteiger partial charge >= 0.3 is 0 Å². The van der Waals surface area contributed by atoms with Crippen molar-refractivity contribution >= 4 is 71.8 Å². The standard InChI is InChI=1S/C39H24N2O2/c1-2-8-25(9-3-1)26-15-17-28(18-16-26)41(29-19-20-31-30-11-4-5-14-36(30)42-37(31)23-29)35-13-6-12-32-33-22-27-10-7-21-40-34(27)24-38(33)43-39(32)35/h1-24H. The molecule has 0 aliphatic carbocycles. The van der Waals surface area contributed by atoms with Crippen molar-refractivity contribution in [2.45, 2.75) is 0 Å². The summed E-state index contributed by atoms with van der Waals surface area (Å²) < 4.78 is 13.0. The molecule has 0 spiro atoms. The molecule has 0 N–H and O–H groups in total. The Hall–Kier alpha value is -5.87. The van der Waals surface area contributed by atoms with Gasteiger partial charge in [-0.3, -0.25) is 4.98 Å². The average molecular weight is 553 g/mol. The minimum Gasteiger partial charge on any atom is -0.456 e. The number of pyridine rings is 1. The van der Waals surface area contributed by atoms with E-state index in [9.17, 15) is 0 Å². The van der Waals surface area contributed by atoms with Crippen LogP contribution in [0.3, 0.4) is 0 Å². The summed E-state index contributed by atoms with van der Waals surface area (Å²) in [6.07, 6.45) is 1.82. The van der Waals surface area contributed by atoms with Crippen molar-refractivity contribution in [3.05, 3.63) is 146 Å². The molecule has 0 radical (unpaired) electrons. The fourth-order valence-electron chi connectivity index (χ4n) is 6.24. The Labute approximate surface area is 247 Å². The van der Waals surface area contributed by atoms with Crippen LogP contribution in [0.4, 0.5) is 17.1 Å². The van der Waals surface area contributed by atoms with Crippen molar-refractivity contribution in [1.29, 1.82) is 0 Å². The lowest BCUT2D eigenvalue weighted by molar-refractivity contribution is 0.667. The molecular formula is C39H24N2O2. The van der Waals surface area contributed by atoms with Crippen LogP contribution in [0.1, 0.15) is 0 Å². The van der Waals surface area contributed by atoms with E-state index in [1.54, 1.807) is 0 Å². The smallest absolute Gasteiger partial charge is 0.159 e. The molecule has 0 fully saturated rings. The molecule has 9 rings (SSSR count). The van der Waals surface area contributed by atoms with Crippen molar-refractivity contribution in [3.63, 3.8) is 0 Å². The molecule has 0 atom stereocenters. The first-order valence-electron chi connectivity index (χ1n) is 14.4. The van der Waals surface area contributed by atoms with Gasteiger partial charge in [0, 0.05) is 50.9 Å². The number of para-hydroxylation sites is 2. The molecule has 0 aliphatic heterocycles. The third-order valence-electron chi connectivity index (χ3n) is 8.29. The van der Waals surface area contributed by atoms with Crippen molar-refractivity contribution in [2.75, 3.05) is 4.90 Å². The summed E-state index contributed by atoms with van der Waals surface area (Å²) in [5.74, 6) is 0. The molecule has 4 nitrogen and oxygen atoms in total. The highest BCUT2D eigenvalue weighted by molar-refractivity contribution is 6.13. The number of rotatable bonds is 4. The van der Waals surface area contributed by atoms with E-state index in [0.29, 0.717) is 0 Å². The summed E-state index contributed by atoms with van der Waals surface area (Å²) in [7, 11) is 0. The Kier molecular flexibility index (Phi) is 5.16. The number of nitrogens with zero attached hydrogens (tertiary/aromatic N) is 2. The fraction of sp³-hybridized carbons (Fsp3) is 0. The lowest BCUT2D eigenvalue weighted by atomic mass is 10.0. The first-order chi connectivity index (χ1) is 21.3. The topological polar surface area (TPSA) is 42.4 Å². The van der Waals surface area contributed by atoms with Gasteiger partial charge in [-0.25, -0.2) is 0 Å². The Morgan fingerprint density at radius 2 is 1.21 bits per heavy atom. The first-order valence-corrected chi connectivity index (χ1v) is 14.4. The van der Waals surface area contributed by atoms with Crippen LogP contribution in [0.25, 0.3) is 65.9 Å². The summed E-state index contributed by atoms with van der Waals surface area (Å²) in [4.78, 5) is 6.81. The second kappa shape index (κ2) is 9.33. The van der Waals surface area contributed by atoms with Crippen LogP contribution in [0.5, 0.6) is 0 Å². The van der Waals surface area contributed by atoms with E-state index in [4.69, 9.17) is 8.83 Å². The third kappa shape index (κ3) is 3.81. The molecule has 0 saturated carbocycles. The molecule has 6 aromatic carbocycles. The van der Waals surface area contributed by atoms with Gasteiger partial charge in [0.25, 0.3) is 0 Å². The normalized spacial score (nSPS) is 11.7. The lowest BCUT2D eigenvalue weighted by Gasteiger charge is -2.25. The molecule has 202 valence electrons. The SMILES string of the molecule is c1ccc(-c2ccc(N(c3ccc4c(c3)oc3ccccc34)c3cccc4c3oc3cc5ncccc5cc34)cc2)cc1. The lowest BCUT2D eigenvalue weighted by Crippen LogP contribution is -2.10. The number of hydrogen-bond acceptors (Lipinski definition) is 4. The summed E-state index contributed by atoms with van der Waals surface area (Å²) in [5.41, 5.74) is 9.60. The third-order valence-corrected chi connectivity index (χ3v) is 8.29. The Morgan fingerprint density at radius 1 is 0.465 bits per heavy atom. The van der Waals surface area contributed by atoms with Crippen molar-refractivity contribution < 1.29 is 8.83 Å². The zero-order chi connectivity index (χ0) is 28.3. The predicted molar refractivity (Wildman–Crippen MR) is 176 cm³/mol. The van der Waals surface area contributed by atoms with Gasteiger partial charge in [-0.15, -0.1) is 0 Å². The van der Waals surface area contributed by atoms with Gasteiger partial charge < -0.3 is 13.7 Å². The van der Waals surface area contributed by atoms with Crippen LogP contribution >= 0.6 is 0 Å². The second-order valence-corrected chi connectivity index (χ2v) is 10.8. The number of hydrogen-bond donors (Lipinski definition) is 0. The van der Waals surface area contributed by atoms with E-state index >= 15 is 0 Å². The minimum absolute atomic E-state index is 0.820. The summed E-state index contributed by atoms with van der Waals surface area (Å²) >= 11 is 0. The Bertz CT molecular complexity index is 2450. The molecule has 0 unspecified atom stereocenters. The predicted octanol–water partition coefficient (Wildman–Crippen LogP) is 11.2. The van der Waals surface area contributed by atoms with Crippen LogP contribution in [0, 0.1) is 0 Å². The van der Waals surface area contributed by atoms with Gasteiger partial charge in [-0.05, 0) is 59.7 Å².